The number of tetrazole rings is 1. The van der Waals surface area contributed by atoms with E-state index in [9.17, 15) is 9.59 Å². The van der Waals surface area contributed by atoms with Gasteiger partial charge >= 0.3 is 0 Å². The van der Waals surface area contributed by atoms with E-state index in [2.05, 4.69) is 25.6 Å². The van der Waals surface area contributed by atoms with Gasteiger partial charge in [-0.2, -0.15) is 0 Å². The number of benzene rings is 1. The molecule has 0 fully saturated rings. The normalized spacial score (nSPS) is 10.7. The highest BCUT2D eigenvalue weighted by Gasteiger charge is 2.21. The lowest BCUT2D eigenvalue weighted by Gasteiger charge is -1.96. The Kier molecular flexibility index (Phi) is 2.64. The standard InChI is InChI=1S/C12H9N5O2/c18-10(11(19)12-14-16-17-15-12)5-7-6-13-9-4-2-1-3-8(7)9/h1-4,6,13H,5H2,(H,14,15,16,17). The molecule has 7 heteroatoms. The maximum absolute atomic E-state index is 11.9. The number of aromatic amines is 2. The van der Waals surface area contributed by atoms with E-state index in [1.807, 2.05) is 24.3 Å². The maximum atomic E-state index is 11.9. The Balaban J connectivity index is 1.85. The molecule has 94 valence electrons. The lowest BCUT2D eigenvalue weighted by atomic mass is 10.1. The minimum Gasteiger partial charge on any atom is -0.361 e. The van der Waals surface area contributed by atoms with Gasteiger partial charge in [-0.1, -0.05) is 18.2 Å². The van der Waals surface area contributed by atoms with E-state index in [1.54, 1.807) is 6.20 Å². The maximum Gasteiger partial charge on any atom is 0.267 e. The quantitative estimate of drug-likeness (QED) is 0.526. The first-order valence-corrected chi connectivity index (χ1v) is 5.62. The van der Waals surface area contributed by atoms with Crippen LogP contribution in [0.5, 0.6) is 0 Å². The van der Waals surface area contributed by atoms with E-state index in [0.717, 1.165) is 16.5 Å². The molecule has 2 N–H and O–H groups in total. The summed E-state index contributed by atoms with van der Waals surface area (Å²) < 4.78 is 0. The summed E-state index contributed by atoms with van der Waals surface area (Å²) in [5.41, 5.74) is 1.71. The van der Waals surface area contributed by atoms with Crippen molar-refractivity contribution in [1.82, 2.24) is 25.6 Å². The summed E-state index contributed by atoms with van der Waals surface area (Å²) in [4.78, 5) is 26.7. The molecular formula is C12H9N5O2. The average molecular weight is 255 g/mol. The van der Waals surface area contributed by atoms with E-state index in [0.29, 0.717) is 0 Å². The Morgan fingerprint density at radius 1 is 1.21 bits per heavy atom. The molecule has 3 aromatic rings. The number of carbonyl (C=O) groups excluding carboxylic acids is 2. The number of nitrogens with zero attached hydrogens (tertiary/aromatic N) is 3. The van der Waals surface area contributed by atoms with Gasteiger partial charge in [0.05, 0.1) is 0 Å². The van der Waals surface area contributed by atoms with Gasteiger partial charge in [-0.15, -0.1) is 5.10 Å². The summed E-state index contributed by atoms with van der Waals surface area (Å²) >= 11 is 0. The Bertz CT molecular complexity index is 744. The average Bonchev–Trinajstić information content (AvgIpc) is 3.08. The van der Waals surface area contributed by atoms with Gasteiger partial charge in [0.25, 0.3) is 5.78 Å². The number of hydrogen-bond acceptors (Lipinski definition) is 5. The molecular weight excluding hydrogens is 246 g/mol. The van der Waals surface area contributed by atoms with Crippen LogP contribution >= 0.6 is 0 Å². The van der Waals surface area contributed by atoms with Gasteiger partial charge in [-0.3, -0.25) is 9.59 Å². The smallest absolute Gasteiger partial charge is 0.267 e. The van der Waals surface area contributed by atoms with E-state index in [-0.39, 0.29) is 12.2 Å². The summed E-state index contributed by atoms with van der Waals surface area (Å²) in [6.07, 6.45) is 1.75. The van der Waals surface area contributed by atoms with E-state index in [1.165, 1.54) is 0 Å². The molecule has 0 aliphatic rings. The number of fused-ring (bicyclic) bond motifs is 1. The molecule has 2 heterocycles. The van der Waals surface area contributed by atoms with Crippen LogP contribution in [0.1, 0.15) is 16.2 Å². The van der Waals surface area contributed by atoms with Crippen molar-refractivity contribution >= 4 is 22.5 Å². The molecule has 1 aromatic carbocycles. The zero-order valence-electron chi connectivity index (χ0n) is 9.75. The van der Waals surface area contributed by atoms with Crippen LogP contribution in [0.3, 0.4) is 0 Å². The van der Waals surface area contributed by atoms with Gasteiger partial charge in [-0.05, 0) is 22.1 Å². The fraction of sp³-hybridized carbons (Fsp3) is 0.0833. The van der Waals surface area contributed by atoms with Crippen molar-refractivity contribution in [2.75, 3.05) is 0 Å². The Labute approximate surface area is 107 Å². The van der Waals surface area contributed by atoms with Gasteiger partial charge in [0.1, 0.15) is 0 Å². The predicted octanol–water partition coefficient (Wildman–Crippen LogP) is 0.675. The SMILES string of the molecule is O=C(Cc1c[nH]c2ccccc12)C(=O)c1nnn[nH]1. The summed E-state index contributed by atoms with van der Waals surface area (Å²) in [5, 5.41) is 13.2. The summed E-state index contributed by atoms with van der Waals surface area (Å²) in [5.74, 6) is -1.40. The number of H-pyrrole nitrogens is 2. The van der Waals surface area contributed by atoms with Crippen LogP contribution in [-0.4, -0.2) is 37.2 Å². The highest BCUT2D eigenvalue weighted by Crippen LogP contribution is 2.18. The zero-order valence-corrected chi connectivity index (χ0v) is 9.75. The van der Waals surface area contributed by atoms with Crippen molar-refractivity contribution in [3.63, 3.8) is 0 Å². The van der Waals surface area contributed by atoms with Crippen LogP contribution in [0.15, 0.2) is 30.5 Å². The van der Waals surface area contributed by atoms with Crippen LogP contribution in [0.25, 0.3) is 10.9 Å². The monoisotopic (exact) mass is 255 g/mol. The Morgan fingerprint density at radius 2 is 2.05 bits per heavy atom. The predicted molar refractivity (Wildman–Crippen MR) is 65.5 cm³/mol. The number of nitrogens with one attached hydrogen (secondary N) is 2. The third-order valence-corrected chi connectivity index (χ3v) is 2.84. The molecule has 0 saturated heterocycles. The summed E-state index contributed by atoms with van der Waals surface area (Å²) in [7, 11) is 0. The third kappa shape index (κ3) is 2.01. The van der Waals surface area contributed by atoms with Crippen LogP contribution in [0.4, 0.5) is 0 Å². The topological polar surface area (TPSA) is 104 Å². The van der Waals surface area contributed by atoms with Crippen LogP contribution in [0.2, 0.25) is 0 Å². The lowest BCUT2D eigenvalue weighted by molar-refractivity contribution is -0.114. The first kappa shape index (κ1) is 11.3. The van der Waals surface area contributed by atoms with E-state index in [4.69, 9.17) is 0 Å². The molecule has 3 rings (SSSR count). The van der Waals surface area contributed by atoms with Crippen molar-refractivity contribution in [2.24, 2.45) is 0 Å². The molecule has 2 aromatic heterocycles. The van der Waals surface area contributed by atoms with Crippen LogP contribution in [-0.2, 0) is 11.2 Å². The molecule has 0 bridgehead atoms. The lowest BCUT2D eigenvalue weighted by Crippen LogP contribution is -2.18. The first-order chi connectivity index (χ1) is 9.25. The number of Topliss-reactive ketones (excluding diaryl/α,β-unsaturated/α-hetero) is 2. The number of rotatable bonds is 4. The second-order valence-corrected chi connectivity index (χ2v) is 4.04. The number of carbonyl (C=O) groups is 2. The second-order valence-electron chi connectivity index (χ2n) is 4.04. The number of aromatic nitrogens is 5. The Morgan fingerprint density at radius 3 is 2.84 bits per heavy atom. The minimum atomic E-state index is -0.713. The van der Waals surface area contributed by atoms with E-state index >= 15 is 0 Å². The minimum absolute atomic E-state index is 0.0174. The summed E-state index contributed by atoms with van der Waals surface area (Å²) in [6, 6.07) is 7.59. The molecule has 0 radical (unpaired) electrons. The largest absolute Gasteiger partial charge is 0.361 e. The molecule has 0 amide bonds. The fourth-order valence-electron chi connectivity index (χ4n) is 1.92. The molecule has 0 aliphatic heterocycles. The van der Waals surface area contributed by atoms with Gasteiger partial charge in [0.2, 0.25) is 11.6 Å². The molecule has 0 atom stereocenters. The molecule has 0 spiro atoms. The number of hydrogen-bond donors (Lipinski definition) is 2. The van der Waals surface area contributed by atoms with Gasteiger partial charge in [0, 0.05) is 23.5 Å². The molecule has 19 heavy (non-hydrogen) atoms. The third-order valence-electron chi connectivity index (χ3n) is 2.84. The van der Waals surface area contributed by atoms with Crippen molar-refractivity contribution in [1.29, 1.82) is 0 Å². The fourth-order valence-corrected chi connectivity index (χ4v) is 1.92. The zero-order chi connectivity index (χ0) is 13.2. The van der Waals surface area contributed by atoms with Gasteiger partial charge in [-0.25, -0.2) is 5.10 Å². The van der Waals surface area contributed by atoms with E-state index < -0.39 is 11.6 Å². The van der Waals surface area contributed by atoms with Gasteiger partial charge in [0.15, 0.2) is 0 Å². The first-order valence-electron chi connectivity index (χ1n) is 5.62. The summed E-state index contributed by atoms with van der Waals surface area (Å²) in [6.45, 7) is 0. The van der Waals surface area contributed by atoms with Crippen LogP contribution in [0, 0.1) is 0 Å². The molecule has 7 nitrogen and oxygen atoms in total. The Hall–Kier alpha value is -2.83. The molecule has 0 unspecified atom stereocenters. The highest BCUT2D eigenvalue weighted by molar-refractivity contribution is 6.43. The van der Waals surface area contributed by atoms with Crippen molar-refractivity contribution in [3.8, 4) is 0 Å². The second kappa shape index (κ2) is 4.45. The number of ketones is 2. The molecule has 0 saturated carbocycles. The van der Waals surface area contributed by atoms with Gasteiger partial charge < -0.3 is 4.98 Å². The molecule has 0 aliphatic carbocycles. The van der Waals surface area contributed by atoms with Crippen molar-refractivity contribution in [2.45, 2.75) is 6.42 Å². The highest BCUT2D eigenvalue weighted by atomic mass is 16.2. The van der Waals surface area contributed by atoms with Crippen LogP contribution < -0.4 is 0 Å². The number of para-hydroxylation sites is 1. The van der Waals surface area contributed by atoms with Crippen molar-refractivity contribution in [3.05, 3.63) is 41.9 Å². The van der Waals surface area contributed by atoms with Crippen molar-refractivity contribution < 1.29 is 9.59 Å².